The molecule has 0 spiro atoms. The molecule has 9 heteroatoms. The predicted octanol–water partition coefficient (Wildman–Crippen LogP) is 2.02. The first-order valence-corrected chi connectivity index (χ1v) is 9.36. The Morgan fingerprint density at radius 2 is 2.00 bits per heavy atom. The molecule has 0 aliphatic carbocycles. The summed E-state index contributed by atoms with van der Waals surface area (Å²) in [6.07, 6.45) is 3.23. The van der Waals surface area contributed by atoms with Crippen LogP contribution < -0.4 is 15.4 Å². The molecule has 28 heavy (non-hydrogen) atoms. The first-order valence-electron chi connectivity index (χ1n) is 8.98. The number of benzene rings is 1. The van der Waals surface area contributed by atoms with Crippen LogP contribution in [-0.2, 0) is 11.3 Å². The van der Waals surface area contributed by atoms with Gasteiger partial charge in [0.2, 0.25) is 5.91 Å². The molecule has 8 nitrogen and oxygen atoms in total. The van der Waals surface area contributed by atoms with Crippen LogP contribution in [0.4, 0.5) is 11.4 Å². The van der Waals surface area contributed by atoms with Crippen molar-refractivity contribution in [1.82, 2.24) is 19.7 Å². The maximum absolute atomic E-state index is 12.7. The van der Waals surface area contributed by atoms with Gasteiger partial charge in [0.1, 0.15) is 17.8 Å². The molecule has 1 aliphatic rings. The molecule has 1 fully saturated rings. The number of nitrogens with zero attached hydrogens (tertiary/aromatic N) is 5. The topological polar surface area (TPSA) is 89.5 Å². The number of ether oxygens (including phenoxy) is 1. The normalized spacial score (nSPS) is 14.5. The summed E-state index contributed by atoms with van der Waals surface area (Å²) in [5, 5.41) is 4.86. The summed E-state index contributed by atoms with van der Waals surface area (Å²) in [5.74, 6) is 0.678. The van der Waals surface area contributed by atoms with Gasteiger partial charge in [-0.15, -0.1) is 0 Å². The Morgan fingerprint density at radius 3 is 2.75 bits per heavy atom. The van der Waals surface area contributed by atoms with Crippen LogP contribution in [0, 0.1) is 0 Å². The molecule has 0 unspecified atom stereocenters. The number of halogens is 1. The lowest BCUT2D eigenvalue weighted by atomic mass is 10.2. The Hall–Kier alpha value is -3.00. The lowest BCUT2D eigenvalue weighted by Crippen LogP contribution is -2.49. The number of anilines is 2. The van der Waals surface area contributed by atoms with E-state index >= 15 is 0 Å². The third-order valence-corrected chi connectivity index (χ3v) is 5.25. The minimum Gasteiger partial charge on any atom is -0.495 e. The molecule has 1 amide bonds. The maximum atomic E-state index is 12.7. The Bertz CT molecular complexity index is 1010. The summed E-state index contributed by atoms with van der Waals surface area (Å²) in [4.78, 5) is 21.0. The van der Waals surface area contributed by atoms with Crippen LogP contribution in [0.2, 0.25) is 5.02 Å². The van der Waals surface area contributed by atoms with E-state index in [-0.39, 0.29) is 12.5 Å². The van der Waals surface area contributed by atoms with Crippen LogP contribution in [0.1, 0.15) is 0 Å². The minimum atomic E-state index is 0.0285. The smallest absolute Gasteiger partial charge is 0.244 e. The molecule has 1 saturated heterocycles. The molecule has 1 aliphatic heterocycles. The molecular weight excluding hydrogens is 380 g/mol. The quantitative estimate of drug-likeness (QED) is 0.720. The molecule has 2 aromatic heterocycles. The molecule has 3 aromatic rings. The van der Waals surface area contributed by atoms with Crippen molar-refractivity contribution in [3.63, 3.8) is 0 Å². The van der Waals surface area contributed by atoms with Crippen LogP contribution >= 0.6 is 11.6 Å². The fourth-order valence-corrected chi connectivity index (χ4v) is 3.58. The van der Waals surface area contributed by atoms with Gasteiger partial charge in [-0.05, 0) is 18.2 Å². The van der Waals surface area contributed by atoms with Crippen molar-refractivity contribution in [3.05, 3.63) is 41.7 Å². The fourth-order valence-electron chi connectivity index (χ4n) is 3.39. The van der Waals surface area contributed by atoms with Gasteiger partial charge in [-0.25, -0.2) is 0 Å². The highest BCUT2D eigenvalue weighted by molar-refractivity contribution is 6.32. The Morgan fingerprint density at radius 1 is 1.21 bits per heavy atom. The number of carbonyl (C=O) groups excluding carboxylic acids is 1. The molecule has 2 N–H and O–H groups in total. The van der Waals surface area contributed by atoms with Gasteiger partial charge in [-0.2, -0.15) is 5.10 Å². The van der Waals surface area contributed by atoms with Gasteiger partial charge < -0.3 is 20.3 Å². The number of nitrogens with two attached hydrogens (primary N) is 1. The van der Waals surface area contributed by atoms with E-state index in [1.807, 2.05) is 23.1 Å². The number of methoxy groups -OCH3 is 1. The van der Waals surface area contributed by atoms with Crippen molar-refractivity contribution in [2.75, 3.05) is 43.9 Å². The van der Waals surface area contributed by atoms with Crippen molar-refractivity contribution >= 4 is 39.9 Å². The van der Waals surface area contributed by atoms with E-state index in [9.17, 15) is 4.79 Å². The molecule has 0 atom stereocenters. The largest absolute Gasteiger partial charge is 0.495 e. The first kappa shape index (κ1) is 18.4. The van der Waals surface area contributed by atoms with E-state index < -0.39 is 0 Å². The molecule has 4 rings (SSSR count). The zero-order valence-corrected chi connectivity index (χ0v) is 16.3. The Balaban J connectivity index is 1.40. The number of fused-ring (bicyclic) bond motifs is 1. The second kappa shape index (κ2) is 7.55. The van der Waals surface area contributed by atoms with E-state index in [4.69, 9.17) is 22.1 Å². The summed E-state index contributed by atoms with van der Waals surface area (Å²) in [7, 11) is 1.60. The maximum Gasteiger partial charge on any atom is 0.244 e. The van der Waals surface area contributed by atoms with Crippen LogP contribution in [0.25, 0.3) is 11.0 Å². The fraction of sp³-hybridized carbons (Fsp3) is 0.316. The van der Waals surface area contributed by atoms with E-state index in [2.05, 4.69) is 15.0 Å². The molecule has 0 saturated carbocycles. The van der Waals surface area contributed by atoms with Gasteiger partial charge >= 0.3 is 0 Å². The van der Waals surface area contributed by atoms with Crippen molar-refractivity contribution in [2.24, 2.45) is 0 Å². The molecule has 3 heterocycles. The van der Waals surface area contributed by atoms with Crippen LogP contribution in [0.15, 0.2) is 36.7 Å². The van der Waals surface area contributed by atoms with E-state index in [1.165, 1.54) is 0 Å². The third-order valence-electron chi connectivity index (χ3n) is 4.93. The number of carbonyl (C=O) groups is 1. The Kier molecular flexibility index (Phi) is 4.95. The summed E-state index contributed by atoms with van der Waals surface area (Å²) < 4.78 is 6.94. The third kappa shape index (κ3) is 3.55. The second-order valence-electron chi connectivity index (χ2n) is 6.66. The predicted molar refractivity (Wildman–Crippen MR) is 109 cm³/mol. The number of aromatic nitrogens is 3. The summed E-state index contributed by atoms with van der Waals surface area (Å²) in [6, 6.07) is 7.51. The van der Waals surface area contributed by atoms with Crippen LogP contribution in [-0.4, -0.2) is 58.9 Å². The SMILES string of the molecule is COc1cc(N2CCN(C(=O)Cn3ncc4ncc(N)cc43)CC2)ccc1Cl. The first-order chi connectivity index (χ1) is 13.5. The van der Waals surface area contributed by atoms with Gasteiger partial charge in [-0.1, -0.05) is 11.6 Å². The highest BCUT2D eigenvalue weighted by Crippen LogP contribution is 2.29. The number of pyridine rings is 1. The number of hydrogen-bond acceptors (Lipinski definition) is 6. The number of amides is 1. The van der Waals surface area contributed by atoms with E-state index in [0.29, 0.717) is 29.5 Å². The van der Waals surface area contributed by atoms with Gasteiger partial charge in [0.15, 0.2) is 0 Å². The molecule has 146 valence electrons. The molecule has 0 bridgehead atoms. The zero-order valence-electron chi connectivity index (χ0n) is 15.5. The number of hydrogen-bond donors (Lipinski definition) is 1. The van der Waals surface area contributed by atoms with Gasteiger partial charge in [0, 0.05) is 37.9 Å². The summed E-state index contributed by atoms with van der Waals surface area (Å²) in [5.41, 5.74) is 8.88. The van der Waals surface area contributed by atoms with Crippen molar-refractivity contribution in [1.29, 1.82) is 0 Å². The molecular formula is C19H21ClN6O2. The lowest BCUT2D eigenvalue weighted by molar-refractivity contribution is -0.132. The van der Waals surface area contributed by atoms with Crippen molar-refractivity contribution in [3.8, 4) is 5.75 Å². The highest BCUT2D eigenvalue weighted by atomic mass is 35.5. The van der Waals surface area contributed by atoms with Crippen LogP contribution in [0.3, 0.4) is 0 Å². The highest BCUT2D eigenvalue weighted by Gasteiger charge is 2.22. The number of nitrogen functional groups attached to an aromatic ring is 1. The zero-order chi connectivity index (χ0) is 19.7. The van der Waals surface area contributed by atoms with Crippen LogP contribution in [0.5, 0.6) is 5.75 Å². The number of rotatable bonds is 4. The Labute approximate surface area is 167 Å². The molecule has 0 radical (unpaired) electrons. The molecule has 1 aromatic carbocycles. The standard InChI is InChI=1S/C19H21ClN6O2/c1-28-18-9-14(2-3-15(18)20)24-4-6-25(7-5-24)19(27)12-26-17-8-13(21)10-22-16(17)11-23-26/h2-3,8-11H,4-7,12,21H2,1H3. The average molecular weight is 401 g/mol. The monoisotopic (exact) mass is 400 g/mol. The summed E-state index contributed by atoms with van der Waals surface area (Å²) >= 11 is 6.10. The lowest BCUT2D eigenvalue weighted by Gasteiger charge is -2.36. The second-order valence-corrected chi connectivity index (χ2v) is 7.07. The van der Waals surface area contributed by atoms with Gasteiger partial charge in [0.25, 0.3) is 0 Å². The van der Waals surface area contributed by atoms with E-state index in [0.717, 1.165) is 29.8 Å². The average Bonchev–Trinajstić information content (AvgIpc) is 3.10. The van der Waals surface area contributed by atoms with Crippen molar-refractivity contribution in [2.45, 2.75) is 6.54 Å². The minimum absolute atomic E-state index is 0.0285. The van der Waals surface area contributed by atoms with Crippen molar-refractivity contribution < 1.29 is 9.53 Å². The van der Waals surface area contributed by atoms with E-state index in [1.54, 1.807) is 30.3 Å². The van der Waals surface area contributed by atoms with Gasteiger partial charge in [0.05, 0.1) is 35.7 Å². The van der Waals surface area contributed by atoms with Gasteiger partial charge in [-0.3, -0.25) is 14.5 Å². The summed E-state index contributed by atoms with van der Waals surface area (Å²) in [6.45, 7) is 2.94. The number of piperazine rings is 1.